The molecule has 5 nitrogen and oxygen atoms in total. The van der Waals surface area contributed by atoms with Gasteiger partial charge in [0.05, 0.1) is 0 Å². The van der Waals surface area contributed by atoms with Crippen molar-refractivity contribution in [3.8, 4) is 0 Å². The molecule has 0 spiro atoms. The molecular formula is C15H13N3O2S. The van der Waals surface area contributed by atoms with Crippen LogP contribution < -0.4 is 11.1 Å². The van der Waals surface area contributed by atoms with E-state index in [0.717, 1.165) is 16.0 Å². The second-order valence-electron chi connectivity index (χ2n) is 4.38. The number of carbonyl (C=O) groups is 1. The standard InChI is InChI=1S/C15H13N3O2S/c1-17-14(19)9-6-7-13(10(16)8-9)21-15-18-11-4-2-3-5-12(11)20-15/h2-8H,16H2,1H3,(H,17,19). The highest BCUT2D eigenvalue weighted by Crippen LogP contribution is 2.33. The van der Waals surface area contributed by atoms with E-state index in [1.54, 1.807) is 25.2 Å². The van der Waals surface area contributed by atoms with Gasteiger partial charge < -0.3 is 15.5 Å². The van der Waals surface area contributed by atoms with E-state index in [1.165, 1.54) is 11.8 Å². The topological polar surface area (TPSA) is 81.2 Å². The third kappa shape index (κ3) is 2.71. The zero-order valence-electron chi connectivity index (χ0n) is 11.3. The lowest BCUT2D eigenvalue weighted by molar-refractivity contribution is 0.0963. The Morgan fingerprint density at radius 2 is 2.10 bits per heavy atom. The van der Waals surface area contributed by atoms with Crippen molar-refractivity contribution in [3.63, 3.8) is 0 Å². The molecule has 0 saturated heterocycles. The number of hydrogen-bond acceptors (Lipinski definition) is 5. The lowest BCUT2D eigenvalue weighted by Crippen LogP contribution is -2.17. The number of fused-ring (bicyclic) bond motifs is 1. The number of nitrogens with two attached hydrogens (primary N) is 1. The average Bonchev–Trinajstić information content (AvgIpc) is 2.90. The Labute approximate surface area is 125 Å². The predicted octanol–water partition coefficient (Wildman–Crippen LogP) is 2.92. The molecule has 1 heterocycles. The minimum atomic E-state index is -0.167. The molecule has 3 aromatic rings. The zero-order valence-corrected chi connectivity index (χ0v) is 12.1. The summed E-state index contributed by atoms with van der Waals surface area (Å²) >= 11 is 1.33. The lowest BCUT2D eigenvalue weighted by Gasteiger charge is -2.05. The molecular weight excluding hydrogens is 286 g/mol. The molecule has 1 amide bonds. The fourth-order valence-corrected chi connectivity index (χ4v) is 2.69. The third-order valence-electron chi connectivity index (χ3n) is 2.97. The van der Waals surface area contributed by atoms with Gasteiger partial charge in [-0.1, -0.05) is 12.1 Å². The number of carbonyl (C=O) groups excluding carboxylic acids is 1. The van der Waals surface area contributed by atoms with Gasteiger partial charge in [0.25, 0.3) is 11.1 Å². The minimum absolute atomic E-state index is 0.167. The second kappa shape index (κ2) is 5.49. The summed E-state index contributed by atoms with van der Waals surface area (Å²) in [5.74, 6) is -0.167. The van der Waals surface area contributed by atoms with E-state index >= 15 is 0 Å². The number of para-hydroxylation sites is 2. The van der Waals surface area contributed by atoms with Crippen LogP contribution in [0.2, 0.25) is 0 Å². The van der Waals surface area contributed by atoms with Gasteiger partial charge in [-0.05, 0) is 42.1 Å². The molecule has 0 bridgehead atoms. The fraction of sp³-hybridized carbons (Fsp3) is 0.0667. The summed E-state index contributed by atoms with van der Waals surface area (Å²) in [6.45, 7) is 0. The summed E-state index contributed by atoms with van der Waals surface area (Å²) in [6, 6.07) is 12.7. The number of oxazole rings is 1. The summed E-state index contributed by atoms with van der Waals surface area (Å²) in [4.78, 5) is 16.7. The van der Waals surface area contributed by atoms with Crippen molar-refractivity contribution >= 4 is 34.5 Å². The Bertz CT molecular complexity index is 781. The minimum Gasteiger partial charge on any atom is -0.431 e. The van der Waals surface area contributed by atoms with E-state index in [-0.39, 0.29) is 5.91 Å². The van der Waals surface area contributed by atoms with Crippen molar-refractivity contribution in [1.82, 2.24) is 10.3 Å². The molecule has 0 aliphatic heterocycles. The molecule has 2 aromatic carbocycles. The third-order valence-corrected chi connectivity index (χ3v) is 3.91. The molecule has 0 saturated carbocycles. The zero-order chi connectivity index (χ0) is 14.8. The molecule has 0 radical (unpaired) electrons. The molecule has 3 N–H and O–H groups in total. The normalized spacial score (nSPS) is 10.7. The van der Waals surface area contributed by atoms with E-state index in [0.29, 0.717) is 16.5 Å². The highest BCUT2D eigenvalue weighted by atomic mass is 32.2. The smallest absolute Gasteiger partial charge is 0.261 e. The van der Waals surface area contributed by atoms with Gasteiger partial charge in [0.1, 0.15) is 5.52 Å². The van der Waals surface area contributed by atoms with E-state index in [1.807, 2.05) is 24.3 Å². The molecule has 0 aliphatic rings. The highest BCUT2D eigenvalue weighted by Gasteiger charge is 2.11. The fourth-order valence-electron chi connectivity index (χ4n) is 1.92. The maximum Gasteiger partial charge on any atom is 0.261 e. The van der Waals surface area contributed by atoms with Gasteiger partial charge in [-0.3, -0.25) is 4.79 Å². The molecule has 0 aliphatic carbocycles. The number of nitrogen functional groups attached to an aromatic ring is 1. The number of aromatic nitrogens is 1. The van der Waals surface area contributed by atoms with Gasteiger partial charge in [0.2, 0.25) is 0 Å². The van der Waals surface area contributed by atoms with Gasteiger partial charge in [0.15, 0.2) is 5.58 Å². The molecule has 0 unspecified atom stereocenters. The van der Waals surface area contributed by atoms with Gasteiger partial charge in [-0.2, -0.15) is 0 Å². The Morgan fingerprint density at radius 1 is 1.29 bits per heavy atom. The van der Waals surface area contributed by atoms with Crippen LogP contribution in [0.25, 0.3) is 11.1 Å². The molecule has 0 atom stereocenters. The van der Waals surface area contributed by atoms with Gasteiger partial charge >= 0.3 is 0 Å². The summed E-state index contributed by atoms with van der Waals surface area (Å²) < 4.78 is 5.64. The first kappa shape index (κ1) is 13.5. The van der Waals surface area contributed by atoms with Crippen LogP contribution in [-0.2, 0) is 0 Å². The Morgan fingerprint density at radius 3 is 2.81 bits per heavy atom. The summed E-state index contributed by atoms with van der Waals surface area (Å²) in [5.41, 5.74) is 8.57. The number of nitrogens with zero attached hydrogens (tertiary/aromatic N) is 1. The van der Waals surface area contributed by atoms with E-state index < -0.39 is 0 Å². The SMILES string of the molecule is CNC(=O)c1ccc(Sc2nc3ccccc3o2)c(N)c1. The first-order valence-corrected chi connectivity index (χ1v) is 7.14. The van der Waals surface area contributed by atoms with E-state index in [9.17, 15) is 4.79 Å². The number of benzene rings is 2. The average molecular weight is 299 g/mol. The van der Waals surface area contributed by atoms with Crippen LogP contribution in [0.5, 0.6) is 0 Å². The van der Waals surface area contributed by atoms with Gasteiger partial charge in [-0.15, -0.1) is 0 Å². The van der Waals surface area contributed by atoms with Crippen LogP contribution >= 0.6 is 11.8 Å². The highest BCUT2D eigenvalue weighted by molar-refractivity contribution is 7.99. The van der Waals surface area contributed by atoms with Crippen LogP contribution in [0.3, 0.4) is 0 Å². The number of amides is 1. The molecule has 3 rings (SSSR count). The molecule has 6 heteroatoms. The van der Waals surface area contributed by atoms with E-state index in [2.05, 4.69) is 10.3 Å². The van der Waals surface area contributed by atoms with Crippen molar-refractivity contribution < 1.29 is 9.21 Å². The summed E-state index contributed by atoms with van der Waals surface area (Å²) in [5, 5.41) is 3.09. The number of hydrogen-bond donors (Lipinski definition) is 2. The lowest BCUT2D eigenvalue weighted by atomic mass is 10.2. The van der Waals surface area contributed by atoms with Crippen LogP contribution in [0.15, 0.2) is 57.0 Å². The quantitative estimate of drug-likeness (QED) is 0.727. The largest absolute Gasteiger partial charge is 0.431 e. The second-order valence-corrected chi connectivity index (χ2v) is 5.37. The molecule has 106 valence electrons. The first-order valence-electron chi connectivity index (χ1n) is 6.32. The van der Waals surface area contributed by atoms with Crippen LogP contribution in [0.1, 0.15) is 10.4 Å². The van der Waals surface area contributed by atoms with Crippen molar-refractivity contribution in [2.45, 2.75) is 10.1 Å². The molecule has 1 aromatic heterocycles. The van der Waals surface area contributed by atoms with Crippen molar-refractivity contribution in [3.05, 3.63) is 48.0 Å². The first-order chi connectivity index (χ1) is 10.2. The summed E-state index contributed by atoms with van der Waals surface area (Å²) in [7, 11) is 1.58. The number of nitrogens with one attached hydrogen (secondary N) is 1. The maximum absolute atomic E-state index is 11.5. The van der Waals surface area contributed by atoms with Crippen LogP contribution in [-0.4, -0.2) is 17.9 Å². The van der Waals surface area contributed by atoms with Crippen LogP contribution in [0.4, 0.5) is 5.69 Å². The van der Waals surface area contributed by atoms with Gasteiger partial charge in [-0.25, -0.2) is 4.98 Å². The van der Waals surface area contributed by atoms with Crippen molar-refractivity contribution in [2.24, 2.45) is 0 Å². The van der Waals surface area contributed by atoms with Gasteiger partial charge in [0, 0.05) is 23.2 Å². The number of rotatable bonds is 3. The van der Waals surface area contributed by atoms with Crippen molar-refractivity contribution in [1.29, 1.82) is 0 Å². The monoisotopic (exact) mass is 299 g/mol. The maximum atomic E-state index is 11.5. The Balaban J connectivity index is 1.89. The Hall–Kier alpha value is -2.47. The molecule has 21 heavy (non-hydrogen) atoms. The summed E-state index contributed by atoms with van der Waals surface area (Å²) in [6.07, 6.45) is 0. The van der Waals surface area contributed by atoms with E-state index in [4.69, 9.17) is 10.2 Å². The van der Waals surface area contributed by atoms with Crippen molar-refractivity contribution in [2.75, 3.05) is 12.8 Å². The number of anilines is 1. The van der Waals surface area contributed by atoms with Crippen LogP contribution in [0, 0.1) is 0 Å². The molecule has 0 fully saturated rings. The Kier molecular flexibility index (Phi) is 3.53. The predicted molar refractivity (Wildman–Crippen MR) is 82.4 cm³/mol.